The zero-order valence-corrected chi connectivity index (χ0v) is 13.6. The number of nitrogens with two attached hydrogens (primary N) is 1. The number of rotatable bonds is 10. The molecule has 0 radical (unpaired) electrons. The van der Waals surface area contributed by atoms with Gasteiger partial charge in [-0.1, -0.05) is 19.9 Å². The summed E-state index contributed by atoms with van der Waals surface area (Å²) < 4.78 is 5.96. The second-order valence-corrected chi connectivity index (χ2v) is 5.23. The highest BCUT2D eigenvalue weighted by Gasteiger charge is 2.08. The largest absolute Gasteiger partial charge is 0.492 e. The molecule has 0 atom stereocenters. The highest BCUT2D eigenvalue weighted by atomic mass is 16.5. The van der Waals surface area contributed by atoms with E-state index in [0.717, 1.165) is 49.7 Å². The lowest BCUT2D eigenvalue weighted by atomic mass is 10.1. The Morgan fingerprint density at radius 3 is 2.62 bits per heavy atom. The number of anilines is 1. The van der Waals surface area contributed by atoms with Gasteiger partial charge in [0.15, 0.2) is 0 Å². The molecule has 1 aromatic rings. The number of hydrogen-bond donors (Lipinski definition) is 1. The first kappa shape index (κ1) is 17.5. The van der Waals surface area contributed by atoms with E-state index in [1.54, 1.807) is 0 Å². The number of hydrogen-bond acceptors (Lipinski definition) is 4. The highest BCUT2D eigenvalue weighted by molar-refractivity contribution is 5.47. The van der Waals surface area contributed by atoms with Crippen molar-refractivity contribution in [1.29, 1.82) is 0 Å². The van der Waals surface area contributed by atoms with Gasteiger partial charge in [0.05, 0.1) is 0 Å². The molecule has 0 saturated heterocycles. The van der Waals surface area contributed by atoms with E-state index in [2.05, 4.69) is 37.3 Å². The Morgan fingerprint density at radius 2 is 2.00 bits per heavy atom. The van der Waals surface area contributed by atoms with E-state index in [4.69, 9.17) is 10.5 Å². The second kappa shape index (κ2) is 9.42. The molecule has 0 fully saturated rings. The molecule has 0 spiro atoms. The zero-order chi connectivity index (χ0) is 15.7. The van der Waals surface area contributed by atoms with Gasteiger partial charge < -0.3 is 15.4 Å². The van der Waals surface area contributed by atoms with Crippen molar-refractivity contribution in [3.05, 3.63) is 36.4 Å². The van der Waals surface area contributed by atoms with Gasteiger partial charge in [0.2, 0.25) is 0 Å². The van der Waals surface area contributed by atoms with E-state index >= 15 is 0 Å². The molecule has 0 saturated carbocycles. The van der Waals surface area contributed by atoms with Crippen LogP contribution in [0.2, 0.25) is 0 Å². The van der Waals surface area contributed by atoms with E-state index < -0.39 is 0 Å². The molecule has 0 aliphatic heterocycles. The third kappa shape index (κ3) is 6.19. The molecule has 2 N–H and O–H groups in total. The molecular formula is C17H29N3O. The smallest absolute Gasteiger partial charge is 0.124 e. The van der Waals surface area contributed by atoms with E-state index in [1.165, 1.54) is 0 Å². The summed E-state index contributed by atoms with van der Waals surface area (Å²) in [4.78, 5) is 4.53. The van der Waals surface area contributed by atoms with Gasteiger partial charge in [-0.2, -0.15) is 0 Å². The highest BCUT2D eigenvalue weighted by Crippen LogP contribution is 2.22. The van der Waals surface area contributed by atoms with Crippen LogP contribution in [0.15, 0.2) is 30.9 Å². The topological polar surface area (TPSA) is 41.7 Å². The normalized spacial score (nSPS) is 11.1. The van der Waals surface area contributed by atoms with Crippen molar-refractivity contribution in [2.24, 2.45) is 0 Å². The maximum absolute atomic E-state index is 5.96. The van der Waals surface area contributed by atoms with Crippen molar-refractivity contribution < 1.29 is 4.74 Å². The summed E-state index contributed by atoms with van der Waals surface area (Å²) in [6.07, 6.45) is 1.90. The summed E-state index contributed by atoms with van der Waals surface area (Å²) in [6.45, 7) is 13.5. The summed E-state index contributed by atoms with van der Waals surface area (Å²) in [6, 6.07) is 5.85. The molecule has 21 heavy (non-hydrogen) atoms. The first-order valence-corrected chi connectivity index (χ1v) is 7.63. The SMILES string of the molecule is C=CCN(C)Cc1cc(N)ccc1OCCN(CC)CC. The zero-order valence-electron chi connectivity index (χ0n) is 13.6. The van der Waals surface area contributed by atoms with Gasteiger partial charge in [-0.05, 0) is 38.3 Å². The fraction of sp³-hybridized carbons (Fsp3) is 0.529. The average molecular weight is 291 g/mol. The lowest BCUT2D eigenvalue weighted by Gasteiger charge is -2.20. The first-order chi connectivity index (χ1) is 10.1. The maximum atomic E-state index is 5.96. The molecule has 4 heteroatoms. The number of benzene rings is 1. The number of nitrogens with zero attached hydrogens (tertiary/aromatic N) is 2. The molecule has 0 aromatic heterocycles. The second-order valence-electron chi connectivity index (χ2n) is 5.23. The Kier molecular flexibility index (Phi) is 7.87. The maximum Gasteiger partial charge on any atom is 0.124 e. The summed E-state index contributed by atoms with van der Waals surface area (Å²) in [7, 11) is 2.06. The monoisotopic (exact) mass is 291 g/mol. The van der Waals surface area contributed by atoms with Crippen LogP contribution in [-0.4, -0.2) is 49.6 Å². The van der Waals surface area contributed by atoms with Crippen molar-refractivity contribution in [3.8, 4) is 5.75 Å². The summed E-state index contributed by atoms with van der Waals surface area (Å²) in [5.41, 5.74) is 7.79. The standard InChI is InChI=1S/C17H29N3O/c1-5-10-19(4)14-15-13-16(18)8-9-17(15)21-12-11-20(6-2)7-3/h5,8-9,13H,1,6-7,10-12,14,18H2,2-4H3. The van der Waals surface area contributed by atoms with Crippen LogP contribution in [0.4, 0.5) is 5.69 Å². The Morgan fingerprint density at radius 1 is 1.29 bits per heavy atom. The van der Waals surface area contributed by atoms with E-state index in [9.17, 15) is 0 Å². The molecule has 0 heterocycles. The molecule has 1 rings (SSSR count). The van der Waals surface area contributed by atoms with Crippen LogP contribution in [-0.2, 0) is 6.54 Å². The van der Waals surface area contributed by atoms with Gasteiger partial charge in [0.25, 0.3) is 0 Å². The van der Waals surface area contributed by atoms with Crippen molar-refractivity contribution in [2.45, 2.75) is 20.4 Å². The van der Waals surface area contributed by atoms with Crippen molar-refractivity contribution in [3.63, 3.8) is 0 Å². The fourth-order valence-corrected chi connectivity index (χ4v) is 2.26. The van der Waals surface area contributed by atoms with Crippen LogP contribution in [0.5, 0.6) is 5.75 Å². The summed E-state index contributed by atoms with van der Waals surface area (Å²) in [5.74, 6) is 0.923. The number of nitrogen functional groups attached to an aromatic ring is 1. The number of ether oxygens (including phenoxy) is 1. The molecule has 1 aromatic carbocycles. The van der Waals surface area contributed by atoms with Gasteiger partial charge in [0.1, 0.15) is 12.4 Å². The molecule has 0 amide bonds. The molecular weight excluding hydrogens is 262 g/mol. The Labute approximate surface area is 129 Å². The van der Waals surface area contributed by atoms with Crippen LogP contribution in [0.3, 0.4) is 0 Å². The van der Waals surface area contributed by atoms with Crippen LogP contribution >= 0.6 is 0 Å². The van der Waals surface area contributed by atoms with Crippen molar-refractivity contribution >= 4 is 5.69 Å². The molecule has 0 unspecified atom stereocenters. The van der Waals surface area contributed by atoms with E-state index in [0.29, 0.717) is 6.61 Å². The number of likely N-dealkylation sites (N-methyl/N-ethyl adjacent to an activating group) is 2. The van der Waals surface area contributed by atoms with Crippen LogP contribution in [0.25, 0.3) is 0 Å². The van der Waals surface area contributed by atoms with E-state index in [1.807, 2.05) is 24.3 Å². The third-order valence-electron chi connectivity index (χ3n) is 3.53. The molecule has 0 bridgehead atoms. The minimum atomic E-state index is 0.698. The van der Waals surface area contributed by atoms with Crippen LogP contribution in [0, 0.1) is 0 Å². The first-order valence-electron chi connectivity index (χ1n) is 7.63. The van der Waals surface area contributed by atoms with Crippen molar-refractivity contribution in [2.75, 3.05) is 45.6 Å². The Bertz CT molecular complexity index is 430. The summed E-state index contributed by atoms with van der Waals surface area (Å²) >= 11 is 0. The minimum Gasteiger partial charge on any atom is -0.492 e. The lowest BCUT2D eigenvalue weighted by molar-refractivity contribution is 0.220. The average Bonchev–Trinajstić information content (AvgIpc) is 2.46. The lowest BCUT2D eigenvalue weighted by Crippen LogP contribution is -2.28. The van der Waals surface area contributed by atoms with Gasteiger partial charge >= 0.3 is 0 Å². The van der Waals surface area contributed by atoms with E-state index in [-0.39, 0.29) is 0 Å². The van der Waals surface area contributed by atoms with Gasteiger partial charge in [-0.25, -0.2) is 0 Å². The Hall–Kier alpha value is -1.52. The van der Waals surface area contributed by atoms with Gasteiger partial charge in [-0.3, -0.25) is 4.90 Å². The van der Waals surface area contributed by atoms with Gasteiger partial charge in [-0.15, -0.1) is 6.58 Å². The molecule has 0 aliphatic rings. The molecule has 0 aliphatic carbocycles. The predicted molar refractivity (Wildman–Crippen MR) is 90.7 cm³/mol. The van der Waals surface area contributed by atoms with Gasteiger partial charge in [0, 0.05) is 30.9 Å². The molecule has 118 valence electrons. The molecule has 4 nitrogen and oxygen atoms in total. The quantitative estimate of drug-likeness (QED) is 0.531. The van der Waals surface area contributed by atoms with Crippen LogP contribution in [0.1, 0.15) is 19.4 Å². The minimum absolute atomic E-state index is 0.698. The third-order valence-corrected chi connectivity index (χ3v) is 3.53. The van der Waals surface area contributed by atoms with Crippen LogP contribution < -0.4 is 10.5 Å². The Balaban J connectivity index is 2.65. The summed E-state index contributed by atoms with van der Waals surface area (Å²) in [5, 5.41) is 0. The predicted octanol–water partition coefficient (Wildman–Crippen LogP) is 2.61. The van der Waals surface area contributed by atoms with Crippen molar-refractivity contribution in [1.82, 2.24) is 9.80 Å². The fourth-order valence-electron chi connectivity index (χ4n) is 2.26.